The molecule has 1 aliphatic rings. The van der Waals surface area contributed by atoms with Crippen LogP contribution in [0.2, 0.25) is 0 Å². The van der Waals surface area contributed by atoms with Crippen molar-refractivity contribution in [2.45, 2.75) is 38.3 Å². The standard InChI is InChI=1S/C17H17N3O4/c21-13(18-10-5-1-2-6-10)9-20-16(22)15-14(19-17(20)23)11-7-3-4-8-12(11)24-15/h3-4,7-8,10H,1-2,5-6,9H2,(H,18,21)(H,19,23). The zero-order valence-corrected chi connectivity index (χ0v) is 13.0. The third-order valence-corrected chi connectivity index (χ3v) is 4.53. The summed E-state index contributed by atoms with van der Waals surface area (Å²) in [7, 11) is 0. The van der Waals surface area contributed by atoms with E-state index >= 15 is 0 Å². The number of benzene rings is 1. The average molecular weight is 327 g/mol. The Morgan fingerprint density at radius 1 is 1.25 bits per heavy atom. The van der Waals surface area contributed by atoms with Crippen molar-refractivity contribution in [1.82, 2.24) is 14.9 Å². The lowest BCUT2D eigenvalue weighted by molar-refractivity contribution is -0.122. The molecule has 0 saturated heterocycles. The van der Waals surface area contributed by atoms with Crippen LogP contribution in [0.5, 0.6) is 0 Å². The van der Waals surface area contributed by atoms with Gasteiger partial charge in [0.2, 0.25) is 11.5 Å². The molecule has 4 rings (SSSR count). The summed E-state index contributed by atoms with van der Waals surface area (Å²) in [5.74, 6) is -0.329. The molecule has 7 nitrogen and oxygen atoms in total. The summed E-state index contributed by atoms with van der Waals surface area (Å²) < 4.78 is 6.44. The van der Waals surface area contributed by atoms with Gasteiger partial charge in [-0.2, -0.15) is 0 Å². The van der Waals surface area contributed by atoms with E-state index in [0.29, 0.717) is 16.5 Å². The molecule has 2 heterocycles. The number of amides is 1. The minimum Gasteiger partial charge on any atom is -0.449 e. The Bertz CT molecular complexity index is 1040. The van der Waals surface area contributed by atoms with Gasteiger partial charge in [0.05, 0.1) is 0 Å². The van der Waals surface area contributed by atoms with Gasteiger partial charge in [0.25, 0.3) is 5.56 Å². The first kappa shape index (κ1) is 14.7. The molecule has 1 aromatic carbocycles. The highest BCUT2D eigenvalue weighted by Gasteiger charge is 2.20. The number of fused-ring (bicyclic) bond motifs is 3. The van der Waals surface area contributed by atoms with E-state index in [1.165, 1.54) is 0 Å². The van der Waals surface area contributed by atoms with Gasteiger partial charge in [0.1, 0.15) is 17.6 Å². The van der Waals surface area contributed by atoms with Crippen LogP contribution in [0.15, 0.2) is 38.3 Å². The van der Waals surface area contributed by atoms with Gasteiger partial charge in [-0.1, -0.05) is 25.0 Å². The number of H-pyrrole nitrogens is 1. The minimum absolute atomic E-state index is 0.0597. The topological polar surface area (TPSA) is 97.1 Å². The molecule has 1 fully saturated rings. The van der Waals surface area contributed by atoms with Crippen LogP contribution in [0.25, 0.3) is 22.1 Å². The summed E-state index contributed by atoms with van der Waals surface area (Å²) in [5, 5.41) is 3.54. The number of nitrogens with zero attached hydrogens (tertiary/aromatic N) is 1. The van der Waals surface area contributed by atoms with Crippen LogP contribution in [0.3, 0.4) is 0 Å². The van der Waals surface area contributed by atoms with Crippen molar-refractivity contribution in [2.24, 2.45) is 0 Å². The second-order valence-electron chi connectivity index (χ2n) is 6.17. The summed E-state index contributed by atoms with van der Waals surface area (Å²) in [4.78, 5) is 39.6. The Balaban J connectivity index is 1.73. The lowest BCUT2D eigenvalue weighted by Gasteiger charge is -2.12. The lowest BCUT2D eigenvalue weighted by Crippen LogP contribution is -2.42. The van der Waals surface area contributed by atoms with Gasteiger partial charge in [0, 0.05) is 11.4 Å². The molecule has 124 valence electrons. The van der Waals surface area contributed by atoms with Crippen molar-refractivity contribution in [3.8, 4) is 0 Å². The van der Waals surface area contributed by atoms with Crippen LogP contribution < -0.4 is 16.6 Å². The second-order valence-corrected chi connectivity index (χ2v) is 6.17. The summed E-state index contributed by atoms with van der Waals surface area (Å²) in [6.07, 6.45) is 4.08. The van der Waals surface area contributed by atoms with E-state index in [4.69, 9.17) is 4.42 Å². The molecule has 0 aliphatic heterocycles. The minimum atomic E-state index is -0.611. The zero-order chi connectivity index (χ0) is 16.7. The molecule has 7 heteroatoms. The molecule has 24 heavy (non-hydrogen) atoms. The summed E-state index contributed by atoms with van der Waals surface area (Å²) in [5.41, 5.74) is -0.252. The smallest absolute Gasteiger partial charge is 0.329 e. The fourth-order valence-electron chi connectivity index (χ4n) is 3.34. The van der Waals surface area contributed by atoms with E-state index in [1.54, 1.807) is 24.3 Å². The monoisotopic (exact) mass is 327 g/mol. The first-order valence-electron chi connectivity index (χ1n) is 8.07. The van der Waals surface area contributed by atoms with Crippen molar-refractivity contribution in [2.75, 3.05) is 0 Å². The fraction of sp³-hybridized carbons (Fsp3) is 0.353. The quantitative estimate of drug-likeness (QED) is 0.761. The summed E-state index contributed by atoms with van der Waals surface area (Å²) in [6.45, 7) is -0.308. The second kappa shape index (κ2) is 5.67. The Labute approximate surface area is 136 Å². The van der Waals surface area contributed by atoms with Gasteiger partial charge in [-0.3, -0.25) is 9.59 Å². The normalized spacial score (nSPS) is 15.3. The van der Waals surface area contributed by atoms with Gasteiger partial charge in [0.15, 0.2) is 0 Å². The van der Waals surface area contributed by atoms with E-state index in [2.05, 4.69) is 10.3 Å². The van der Waals surface area contributed by atoms with Crippen molar-refractivity contribution in [1.29, 1.82) is 0 Å². The van der Waals surface area contributed by atoms with E-state index in [9.17, 15) is 14.4 Å². The van der Waals surface area contributed by atoms with Crippen LogP contribution in [0, 0.1) is 0 Å². The summed E-state index contributed by atoms with van der Waals surface area (Å²) >= 11 is 0. The third kappa shape index (κ3) is 2.42. The predicted molar refractivity (Wildman–Crippen MR) is 89.0 cm³/mol. The summed E-state index contributed by atoms with van der Waals surface area (Å²) in [6, 6.07) is 7.23. The van der Waals surface area contributed by atoms with Crippen LogP contribution in [0.1, 0.15) is 25.7 Å². The lowest BCUT2D eigenvalue weighted by atomic mass is 10.2. The molecule has 2 aromatic heterocycles. The molecule has 0 spiro atoms. The number of carbonyl (C=O) groups excluding carboxylic acids is 1. The highest BCUT2D eigenvalue weighted by molar-refractivity contribution is 6.01. The Hall–Kier alpha value is -2.83. The number of nitrogens with one attached hydrogen (secondary N) is 2. The van der Waals surface area contributed by atoms with Crippen LogP contribution >= 0.6 is 0 Å². The van der Waals surface area contributed by atoms with Crippen molar-refractivity contribution in [3.63, 3.8) is 0 Å². The van der Waals surface area contributed by atoms with Crippen molar-refractivity contribution < 1.29 is 9.21 Å². The Kier molecular flexibility index (Phi) is 3.48. The molecule has 2 N–H and O–H groups in total. The van der Waals surface area contributed by atoms with Gasteiger partial charge in [-0.25, -0.2) is 9.36 Å². The molecule has 0 unspecified atom stereocenters. The maximum Gasteiger partial charge on any atom is 0.329 e. The number of aromatic nitrogens is 2. The molecule has 1 amide bonds. The highest BCUT2D eigenvalue weighted by atomic mass is 16.3. The van der Waals surface area contributed by atoms with E-state index in [0.717, 1.165) is 30.3 Å². The number of rotatable bonds is 3. The molecular weight excluding hydrogens is 310 g/mol. The van der Waals surface area contributed by atoms with Gasteiger partial charge < -0.3 is 14.7 Å². The number of hydrogen-bond donors (Lipinski definition) is 2. The largest absolute Gasteiger partial charge is 0.449 e. The van der Waals surface area contributed by atoms with Crippen LogP contribution in [-0.4, -0.2) is 21.5 Å². The Morgan fingerprint density at radius 3 is 2.79 bits per heavy atom. The number of furan rings is 1. The molecular formula is C17H17N3O4. The maximum atomic E-state index is 12.6. The van der Waals surface area contributed by atoms with Gasteiger partial charge >= 0.3 is 5.69 Å². The number of para-hydroxylation sites is 1. The zero-order valence-electron chi connectivity index (χ0n) is 13.0. The maximum absolute atomic E-state index is 12.6. The van der Waals surface area contributed by atoms with Crippen LogP contribution in [0.4, 0.5) is 0 Å². The SMILES string of the molecule is O=C(Cn1c(=O)[nH]c2c(oc3ccccc32)c1=O)NC1CCCC1. The number of aromatic amines is 1. The third-order valence-electron chi connectivity index (χ3n) is 4.53. The van der Waals surface area contributed by atoms with Gasteiger partial charge in [-0.05, 0) is 25.0 Å². The van der Waals surface area contributed by atoms with E-state index in [1.807, 2.05) is 0 Å². The van der Waals surface area contributed by atoms with Gasteiger partial charge in [-0.15, -0.1) is 0 Å². The number of carbonyl (C=O) groups is 1. The van der Waals surface area contributed by atoms with E-state index in [-0.39, 0.29) is 24.1 Å². The first-order valence-corrected chi connectivity index (χ1v) is 8.07. The average Bonchev–Trinajstić information content (AvgIpc) is 3.19. The molecule has 1 aliphatic carbocycles. The molecule has 0 bridgehead atoms. The Morgan fingerprint density at radius 2 is 2.00 bits per heavy atom. The molecule has 0 radical (unpaired) electrons. The molecule has 3 aromatic rings. The van der Waals surface area contributed by atoms with E-state index < -0.39 is 11.2 Å². The van der Waals surface area contributed by atoms with Crippen molar-refractivity contribution >= 4 is 28.0 Å². The molecule has 0 atom stereocenters. The van der Waals surface area contributed by atoms with Crippen molar-refractivity contribution in [3.05, 3.63) is 45.1 Å². The fourth-order valence-corrected chi connectivity index (χ4v) is 3.34. The predicted octanol–water partition coefficient (Wildman–Crippen LogP) is 1.49. The highest BCUT2D eigenvalue weighted by Crippen LogP contribution is 2.23. The molecule has 1 saturated carbocycles. The van der Waals surface area contributed by atoms with Crippen LogP contribution in [-0.2, 0) is 11.3 Å². The number of hydrogen-bond acceptors (Lipinski definition) is 4. The first-order chi connectivity index (χ1) is 11.6.